The molecule has 0 bridgehead atoms. The number of nitrogens with one attached hydrogen (secondary N) is 1. The normalized spacial score (nSPS) is 18.9. The second-order valence-electron chi connectivity index (χ2n) is 5.06. The highest BCUT2D eigenvalue weighted by Gasteiger charge is 2.35. The topological polar surface area (TPSA) is 41.8 Å². The van der Waals surface area contributed by atoms with Crippen molar-refractivity contribution in [2.75, 3.05) is 6.54 Å². The first-order chi connectivity index (χ1) is 8.27. The van der Waals surface area contributed by atoms with Crippen molar-refractivity contribution in [3.05, 3.63) is 34.4 Å². The Hall–Kier alpha value is -0.800. The van der Waals surface area contributed by atoms with E-state index in [0.717, 1.165) is 11.0 Å². The van der Waals surface area contributed by atoms with E-state index >= 15 is 0 Å². The summed E-state index contributed by atoms with van der Waals surface area (Å²) < 4.78 is 1.14. The van der Waals surface area contributed by atoms with Crippen LogP contribution >= 0.6 is 15.9 Å². The maximum Gasteiger partial charge on any atom is 0.0504 e. The molecule has 3 heteroatoms. The number of H-pyrrole nitrogens is 1. The molecule has 1 aromatic heterocycles. The van der Waals surface area contributed by atoms with Gasteiger partial charge in [0.15, 0.2) is 0 Å². The highest BCUT2D eigenvalue weighted by atomic mass is 79.9. The van der Waals surface area contributed by atoms with Gasteiger partial charge in [0.1, 0.15) is 0 Å². The van der Waals surface area contributed by atoms with E-state index in [1.165, 1.54) is 42.1 Å². The van der Waals surface area contributed by atoms with Crippen LogP contribution in [0.5, 0.6) is 0 Å². The zero-order valence-corrected chi connectivity index (χ0v) is 11.4. The number of rotatable bonds is 2. The van der Waals surface area contributed by atoms with Gasteiger partial charge in [-0.05, 0) is 34.3 Å². The summed E-state index contributed by atoms with van der Waals surface area (Å²) in [5.74, 6) is 0. The molecule has 3 rings (SSSR count). The zero-order valence-electron chi connectivity index (χ0n) is 9.80. The quantitative estimate of drug-likeness (QED) is 0.871. The molecule has 1 fully saturated rings. The van der Waals surface area contributed by atoms with Gasteiger partial charge in [-0.2, -0.15) is 0 Å². The average molecular weight is 293 g/mol. The molecule has 1 aliphatic rings. The monoisotopic (exact) mass is 292 g/mol. The van der Waals surface area contributed by atoms with E-state index in [1.807, 2.05) is 6.20 Å². The molecule has 17 heavy (non-hydrogen) atoms. The average Bonchev–Trinajstić information content (AvgIpc) is 2.97. The molecular weight excluding hydrogens is 276 g/mol. The van der Waals surface area contributed by atoms with Crippen molar-refractivity contribution in [3.63, 3.8) is 0 Å². The third-order valence-corrected chi connectivity index (χ3v) is 4.84. The van der Waals surface area contributed by atoms with Crippen molar-refractivity contribution < 1.29 is 0 Å². The van der Waals surface area contributed by atoms with Crippen LogP contribution in [-0.2, 0) is 5.41 Å². The first-order valence-corrected chi connectivity index (χ1v) is 7.02. The number of nitrogens with two attached hydrogens (primary N) is 1. The van der Waals surface area contributed by atoms with Crippen molar-refractivity contribution in [1.82, 2.24) is 4.98 Å². The van der Waals surface area contributed by atoms with E-state index in [2.05, 4.69) is 39.1 Å². The number of hydrogen-bond acceptors (Lipinski definition) is 1. The predicted molar refractivity (Wildman–Crippen MR) is 75.2 cm³/mol. The van der Waals surface area contributed by atoms with Gasteiger partial charge in [0.2, 0.25) is 0 Å². The van der Waals surface area contributed by atoms with Gasteiger partial charge in [-0.15, -0.1) is 0 Å². The molecule has 1 heterocycles. The summed E-state index contributed by atoms with van der Waals surface area (Å²) in [5, 5.41) is 1.27. The van der Waals surface area contributed by atoms with Gasteiger partial charge in [0, 0.05) is 28.0 Å². The number of aromatic nitrogens is 1. The van der Waals surface area contributed by atoms with Crippen LogP contribution in [0.25, 0.3) is 10.9 Å². The van der Waals surface area contributed by atoms with E-state index in [9.17, 15) is 0 Å². The van der Waals surface area contributed by atoms with E-state index in [0.29, 0.717) is 0 Å². The Kier molecular flexibility index (Phi) is 2.75. The van der Waals surface area contributed by atoms with Crippen LogP contribution in [0.3, 0.4) is 0 Å². The maximum absolute atomic E-state index is 6.07. The van der Waals surface area contributed by atoms with E-state index < -0.39 is 0 Å². The third kappa shape index (κ3) is 1.64. The minimum Gasteiger partial charge on any atom is -0.360 e. The second-order valence-corrected chi connectivity index (χ2v) is 5.91. The summed E-state index contributed by atoms with van der Waals surface area (Å²) in [4.78, 5) is 3.39. The van der Waals surface area contributed by atoms with E-state index in [4.69, 9.17) is 5.73 Å². The lowest BCUT2D eigenvalue weighted by Gasteiger charge is -2.28. The Morgan fingerprint density at radius 2 is 2.06 bits per heavy atom. The van der Waals surface area contributed by atoms with Gasteiger partial charge >= 0.3 is 0 Å². The highest BCUT2D eigenvalue weighted by molar-refractivity contribution is 9.10. The molecule has 1 aliphatic carbocycles. The number of aromatic amines is 1. The Morgan fingerprint density at radius 3 is 2.76 bits per heavy atom. The number of halogens is 1. The van der Waals surface area contributed by atoms with Crippen LogP contribution in [0, 0.1) is 0 Å². The molecule has 0 amide bonds. The van der Waals surface area contributed by atoms with Gasteiger partial charge in [-0.25, -0.2) is 0 Å². The fraction of sp³-hybridized carbons (Fsp3) is 0.429. The minimum absolute atomic E-state index is 0.198. The smallest absolute Gasteiger partial charge is 0.0504 e. The Balaban J connectivity index is 2.22. The molecule has 0 saturated heterocycles. The first kappa shape index (κ1) is 11.3. The molecule has 2 nitrogen and oxygen atoms in total. The minimum atomic E-state index is 0.198. The lowest BCUT2D eigenvalue weighted by molar-refractivity contribution is 0.456. The fourth-order valence-electron chi connectivity index (χ4n) is 3.20. The maximum atomic E-state index is 6.07. The van der Waals surface area contributed by atoms with Crippen LogP contribution in [0.4, 0.5) is 0 Å². The standard InChI is InChI=1S/C14H17BrN2/c15-12-8-17-13-10(12)4-3-5-11(13)14(9-16)6-1-2-7-14/h3-5,8,17H,1-2,6-7,9,16H2. The van der Waals surface area contributed by atoms with Crippen molar-refractivity contribution in [2.45, 2.75) is 31.1 Å². The summed E-state index contributed by atoms with van der Waals surface area (Å²) in [6.45, 7) is 0.753. The van der Waals surface area contributed by atoms with E-state index in [1.54, 1.807) is 0 Å². The molecule has 0 unspecified atom stereocenters. The molecular formula is C14H17BrN2. The fourth-order valence-corrected chi connectivity index (χ4v) is 3.64. The lowest BCUT2D eigenvalue weighted by atomic mass is 9.78. The Morgan fingerprint density at radius 1 is 1.29 bits per heavy atom. The van der Waals surface area contributed by atoms with Crippen molar-refractivity contribution in [2.24, 2.45) is 5.73 Å². The molecule has 3 N–H and O–H groups in total. The molecule has 1 aromatic carbocycles. The van der Waals surface area contributed by atoms with Gasteiger partial charge in [-0.1, -0.05) is 31.0 Å². The number of hydrogen-bond donors (Lipinski definition) is 2. The molecule has 1 saturated carbocycles. The lowest BCUT2D eigenvalue weighted by Crippen LogP contribution is -2.32. The van der Waals surface area contributed by atoms with E-state index in [-0.39, 0.29) is 5.41 Å². The number of fused-ring (bicyclic) bond motifs is 1. The SMILES string of the molecule is NCC1(c2cccc3c(Br)c[nH]c23)CCCC1. The van der Waals surface area contributed by atoms with Crippen LogP contribution < -0.4 is 5.73 Å². The number of para-hydroxylation sites is 1. The van der Waals surface area contributed by atoms with Crippen molar-refractivity contribution in [3.8, 4) is 0 Å². The highest BCUT2D eigenvalue weighted by Crippen LogP contribution is 2.43. The van der Waals surface area contributed by atoms with Gasteiger partial charge in [-0.3, -0.25) is 0 Å². The zero-order chi connectivity index (χ0) is 11.9. The molecule has 0 radical (unpaired) electrons. The summed E-state index contributed by atoms with van der Waals surface area (Å²) >= 11 is 3.59. The van der Waals surface area contributed by atoms with Crippen LogP contribution in [-0.4, -0.2) is 11.5 Å². The molecule has 0 spiro atoms. The number of benzene rings is 1. The molecule has 2 aromatic rings. The Bertz CT molecular complexity index is 538. The third-order valence-electron chi connectivity index (χ3n) is 4.19. The van der Waals surface area contributed by atoms with Crippen LogP contribution in [0.15, 0.2) is 28.9 Å². The summed E-state index contributed by atoms with van der Waals surface area (Å²) in [7, 11) is 0. The van der Waals surface area contributed by atoms with Crippen LogP contribution in [0.1, 0.15) is 31.2 Å². The Labute approximate surface area is 110 Å². The van der Waals surface area contributed by atoms with Gasteiger partial charge in [0.05, 0.1) is 5.52 Å². The van der Waals surface area contributed by atoms with Gasteiger partial charge in [0.25, 0.3) is 0 Å². The van der Waals surface area contributed by atoms with Crippen molar-refractivity contribution in [1.29, 1.82) is 0 Å². The summed E-state index contributed by atoms with van der Waals surface area (Å²) in [6, 6.07) is 6.54. The van der Waals surface area contributed by atoms with Crippen LogP contribution in [0.2, 0.25) is 0 Å². The molecule has 0 atom stereocenters. The second kappa shape index (κ2) is 4.14. The largest absolute Gasteiger partial charge is 0.360 e. The summed E-state index contributed by atoms with van der Waals surface area (Å²) in [6.07, 6.45) is 7.07. The first-order valence-electron chi connectivity index (χ1n) is 6.23. The molecule has 0 aliphatic heterocycles. The van der Waals surface area contributed by atoms with Gasteiger partial charge < -0.3 is 10.7 Å². The molecule has 90 valence electrons. The van der Waals surface area contributed by atoms with Crippen molar-refractivity contribution >= 4 is 26.8 Å². The summed E-state index contributed by atoms with van der Waals surface area (Å²) in [5.41, 5.74) is 8.93. The predicted octanol–water partition coefficient (Wildman–Crippen LogP) is 3.70.